The Hall–Kier alpha value is -2.42. The number of benzene rings is 4. The van der Waals surface area contributed by atoms with Crippen molar-refractivity contribution < 1.29 is 0 Å². The minimum Gasteiger partial charge on any atom is -0.144 e. The molecule has 6 aromatic rings. The first-order valence-corrected chi connectivity index (χ1v) is 10.6. The van der Waals surface area contributed by atoms with E-state index in [9.17, 15) is 0 Å². The van der Waals surface area contributed by atoms with Crippen molar-refractivity contribution in [2.24, 2.45) is 0 Å². The van der Waals surface area contributed by atoms with Crippen molar-refractivity contribution in [3.63, 3.8) is 0 Å². The van der Waals surface area contributed by atoms with Crippen LogP contribution in [0.1, 0.15) is 11.1 Å². The van der Waals surface area contributed by atoms with E-state index in [1.807, 2.05) is 22.7 Å². The van der Waals surface area contributed by atoms with Gasteiger partial charge in [0.2, 0.25) is 0 Å². The van der Waals surface area contributed by atoms with Crippen LogP contribution in [0.25, 0.3) is 52.5 Å². The van der Waals surface area contributed by atoms with Gasteiger partial charge in [0.15, 0.2) is 0 Å². The van der Waals surface area contributed by atoms with E-state index < -0.39 is 0 Å². The molecule has 0 aliphatic rings. The average molecular weight is 369 g/mol. The molecule has 0 atom stereocenters. The van der Waals surface area contributed by atoms with Gasteiger partial charge in [-0.15, -0.1) is 22.7 Å². The highest BCUT2D eigenvalue weighted by Crippen LogP contribution is 2.38. The topological polar surface area (TPSA) is 0 Å². The molecule has 2 heteroatoms. The molecule has 4 aromatic carbocycles. The molecule has 0 N–H and O–H groups in total. The minimum absolute atomic E-state index is 1.33. The van der Waals surface area contributed by atoms with Crippen molar-refractivity contribution in [2.45, 2.75) is 13.8 Å². The number of hydrogen-bond acceptors (Lipinski definition) is 2. The first-order valence-electron chi connectivity index (χ1n) is 8.84. The Balaban J connectivity index is 1.82. The lowest BCUT2D eigenvalue weighted by molar-refractivity contribution is 1.60. The van der Waals surface area contributed by atoms with E-state index in [2.05, 4.69) is 73.1 Å². The number of aryl methyl sites for hydroxylation is 2. The van der Waals surface area contributed by atoms with Crippen LogP contribution in [0.4, 0.5) is 0 Å². The zero-order chi connectivity index (χ0) is 17.4. The number of fused-ring (bicyclic) bond motifs is 7. The molecule has 0 amide bonds. The predicted molar refractivity (Wildman–Crippen MR) is 119 cm³/mol. The summed E-state index contributed by atoms with van der Waals surface area (Å²) < 4.78 is 2.76. The maximum Gasteiger partial charge on any atom is 0.0351 e. The lowest BCUT2D eigenvalue weighted by Gasteiger charge is -2.09. The highest BCUT2D eigenvalue weighted by molar-refractivity contribution is 7.17. The van der Waals surface area contributed by atoms with Gasteiger partial charge in [0.25, 0.3) is 0 Å². The van der Waals surface area contributed by atoms with Crippen molar-refractivity contribution in [3.8, 4) is 0 Å². The highest BCUT2D eigenvalue weighted by Gasteiger charge is 2.10. The smallest absolute Gasteiger partial charge is 0.0351 e. The molecule has 124 valence electrons. The van der Waals surface area contributed by atoms with Crippen molar-refractivity contribution in [1.82, 2.24) is 0 Å². The van der Waals surface area contributed by atoms with Crippen LogP contribution in [0.2, 0.25) is 0 Å². The van der Waals surface area contributed by atoms with E-state index in [0.717, 1.165) is 0 Å². The summed E-state index contributed by atoms with van der Waals surface area (Å²) in [6.07, 6.45) is 0. The van der Waals surface area contributed by atoms with Crippen molar-refractivity contribution >= 4 is 75.2 Å². The molecule has 0 radical (unpaired) electrons. The zero-order valence-corrected chi connectivity index (χ0v) is 16.2. The van der Waals surface area contributed by atoms with E-state index >= 15 is 0 Å². The van der Waals surface area contributed by atoms with Crippen LogP contribution >= 0.6 is 22.7 Å². The lowest BCUT2D eigenvalue weighted by atomic mass is 9.95. The van der Waals surface area contributed by atoms with Gasteiger partial charge in [0, 0.05) is 9.40 Å². The maximum absolute atomic E-state index is 2.39. The third-order valence-electron chi connectivity index (χ3n) is 5.61. The van der Waals surface area contributed by atoms with Gasteiger partial charge in [-0.25, -0.2) is 0 Å². The van der Waals surface area contributed by atoms with Gasteiger partial charge in [0.05, 0.1) is 0 Å². The number of thiophene rings is 2. The second-order valence-electron chi connectivity index (χ2n) is 7.20. The normalized spacial score (nSPS) is 12.2. The van der Waals surface area contributed by atoms with Crippen LogP contribution in [0, 0.1) is 13.8 Å². The largest absolute Gasteiger partial charge is 0.144 e. The number of rotatable bonds is 0. The van der Waals surface area contributed by atoms with E-state index in [4.69, 9.17) is 0 Å². The molecule has 0 spiro atoms. The SMILES string of the molecule is Cc1csc2cc3ccc4c5cc6c(C)csc6cc5ccc4c3cc12. The summed E-state index contributed by atoms with van der Waals surface area (Å²) in [6.45, 7) is 4.42. The standard InChI is InChI=1S/C24H16S2/c1-13-11-25-23-7-15-3-6-18-17(21(15)9-19(13)23)5-4-16-8-24-20(10-22(16)18)14(2)12-26-24/h3-12H,1-2H3. The van der Waals surface area contributed by atoms with E-state index in [1.54, 1.807) is 0 Å². The summed E-state index contributed by atoms with van der Waals surface area (Å²) >= 11 is 3.68. The highest BCUT2D eigenvalue weighted by atomic mass is 32.1. The second-order valence-corrected chi connectivity index (χ2v) is 9.03. The fourth-order valence-electron chi connectivity index (χ4n) is 4.17. The maximum atomic E-state index is 2.39. The van der Waals surface area contributed by atoms with Crippen molar-refractivity contribution in [3.05, 3.63) is 70.4 Å². The second kappa shape index (κ2) is 5.06. The molecule has 0 aliphatic heterocycles. The molecule has 2 heterocycles. The molecule has 6 rings (SSSR count). The lowest BCUT2D eigenvalue weighted by Crippen LogP contribution is -1.82. The summed E-state index contributed by atoms with van der Waals surface area (Å²) in [5.74, 6) is 0. The molecular weight excluding hydrogens is 352 g/mol. The Morgan fingerprint density at radius 2 is 0.962 bits per heavy atom. The predicted octanol–water partition coefficient (Wildman–Crippen LogP) is 8.19. The summed E-state index contributed by atoms with van der Waals surface area (Å²) in [6, 6.07) is 18.7. The summed E-state index contributed by atoms with van der Waals surface area (Å²) in [4.78, 5) is 0. The van der Waals surface area contributed by atoms with Crippen LogP contribution < -0.4 is 0 Å². The molecule has 0 fully saturated rings. The van der Waals surface area contributed by atoms with Gasteiger partial charge in [-0.2, -0.15) is 0 Å². The molecule has 2 aromatic heterocycles. The zero-order valence-electron chi connectivity index (χ0n) is 14.6. The van der Waals surface area contributed by atoms with Crippen LogP contribution in [0.5, 0.6) is 0 Å². The van der Waals surface area contributed by atoms with Gasteiger partial charge < -0.3 is 0 Å². The molecule has 0 saturated carbocycles. The molecule has 0 saturated heterocycles. The first-order chi connectivity index (χ1) is 12.7. The Morgan fingerprint density at radius 1 is 0.500 bits per heavy atom. The number of hydrogen-bond donors (Lipinski definition) is 0. The van der Waals surface area contributed by atoms with E-state index in [-0.39, 0.29) is 0 Å². The Bertz CT molecular complexity index is 1380. The fourth-order valence-corrected chi connectivity index (χ4v) is 6.12. The molecule has 0 unspecified atom stereocenters. The monoisotopic (exact) mass is 368 g/mol. The van der Waals surface area contributed by atoms with Gasteiger partial charge >= 0.3 is 0 Å². The van der Waals surface area contributed by atoms with Gasteiger partial charge in [-0.3, -0.25) is 0 Å². The molecule has 0 bridgehead atoms. The molecular formula is C24H16S2. The molecule has 0 aliphatic carbocycles. The minimum atomic E-state index is 1.33. The molecule has 26 heavy (non-hydrogen) atoms. The van der Waals surface area contributed by atoms with Crippen LogP contribution in [0.3, 0.4) is 0 Å². The van der Waals surface area contributed by atoms with Crippen molar-refractivity contribution in [1.29, 1.82) is 0 Å². The van der Waals surface area contributed by atoms with Gasteiger partial charge in [-0.05, 0) is 103 Å². The quantitative estimate of drug-likeness (QED) is 0.237. The third kappa shape index (κ3) is 1.89. The summed E-state index contributed by atoms with van der Waals surface area (Å²) in [5.41, 5.74) is 2.75. The Labute approximate surface area is 159 Å². The van der Waals surface area contributed by atoms with Crippen molar-refractivity contribution in [2.75, 3.05) is 0 Å². The summed E-state index contributed by atoms with van der Waals surface area (Å²) in [7, 11) is 0. The first kappa shape index (κ1) is 14.7. The van der Waals surface area contributed by atoms with E-state index in [0.29, 0.717) is 0 Å². The van der Waals surface area contributed by atoms with E-state index in [1.165, 1.54) is 63.6 Å². The van der Waals surface area contributed by atoms with Crippen LogP contribution in [0.15, 0.2) is 59.3 Å². The van der Waals surface area contributed by atoms with Gasteiger partial charge in [-0.1, -0.05) is 24.3 Å². The van der Waals surface area contributed by atoms with Crippen LogP contribution in [-0.4, -0.2) is 0 Å². The Kier molecular flexibility index (Phi) is 2.87. The average Bonchev–Trinajstić information content (AvgIpc) is 3.21. The third-order valence-corrected chi connectivity index (χ3v) is 7.73. The van der Waals surface area contributed by atoms with Crippen LogP contribution in [-0.2, 0) is 0 Å². The molecule has 0 nitrogen and oxygen atoms in total. The Morgan fingerprint density at radius 3 is 1.42 bits per heavy atom. The van der Waals surface area contributed by atoms with Gasteiger partial charge in [0.1, 0.15) is 0 Å². The fraction of sp³-hybridized carbons (Fsp3) is 0.0833. The summed E-state index contributed by atoms with van der Waals surface area (Å²) in [5, 5.41) is 15.4.